The number of pyridine rings is 1. The van der Waals surface area contributed by atoms with Gasteiger partial charge in [0.15, 0.2) is 5.82 Å². The van der Waals surface area contributed by atoms with Crippen molar-refractivity contribution in [1.29, 1.82) is 0 Å². The van der Waals surface area contributed by atoms with E-state index in [2.05, 4.69) is 16.5 Å². The number of nitrogens with two attached hydrogens (primary N) is 2. The lowest BCUT2D eigenvalue weighted by Gasteiger charge is -2.08. The lowest BCUT2D eigenvalue weighted by atomic mass is 10.3. The van der Waals surface area contributed by atoms with E-state index in [-0.39, 0.29) is 6.17 Å². The molecule has 0 bridgehead atoms. The summed E-state index contributed by atoms with van der Waals surface area (Å²) in [4.78, 5) is 8.08. The zero-order chi connectivity index (χ0) is 10.1. The molecule has 0 spiro atoms. The van der Waals surface area contributed by atoms with Crippen molar-refractivity contribution >= 4 is 16.9 Å². The molecule has 2 aromatic heterocycles. The van der Waals surface area contributed by atoms with Gasteiger partial charge in [-0.1, -0.05) is 12.7 Å². The van der Waals surface area contributed by atoms with Crippen molar-refractivity contribution < 1.29 is 0 Å². The van der Waals surface area contributed by atoms with E-state index < -0.39 is 0 Å². The van der Waals surface area contributed by atoms with Gasteiger partial charge in [-0.2, -0.15) is 0 Å². The molecule has 0 aliphatic rings. The highest BCUT2D eigenvalue weighted by Crippen LogP contribution is 2.18. The van der Waals surface area contributed by atoms with Gasteiger partial charge in [-0.15, -0.1) is 0 Å². The number of nitrogens with zero attached hydrogens (tertiary/aromatic N) is 3. The molecule has 0 amide bonds. The summed E-state index contributed by atoms with van der Waals surface area (Å²) in [7, 11) is 0. The zero-order valence-corrected chi connectivity index (χ0v) is 7.59. The largest absolute Gasteiger partial charge is 0.382 e. The minimum atomic E-state index is -0.290. The van der Waals surface area contributed by atoms with Crippen LogP contribution in [0, 0.1) is 0 Å². The third kappa shape index (κ3) is 1.14. The Hall–Kier alpha value is -1.88. The first-order valence-electron chi connectivity index (χ1n) is 4.19. The van der Waals surface area contributed by atoms with E-state index >= 15 is 0 Å². The van der Waals surface area contributed by atoms with E-state index in [1.54, 1.807) is 23.2 Å². The fourth-order valence-electron chi connectivity index (χ4n) is 1.33. The zero-order valence-electron chi connectivity index (χ0n) is 7.59. The Labute approximate surface area is 81.1 Å². The van der Waals surface area contributed by atoms with Crippen molar-refractivity contribution in [3.63, 3.8) is 0 Å². The summed E-state index contributed by atoms with van der Waals surface area (Å²) in [6.45, 7) is 3.63. The lowest BCUT2D eigenvalue weighted by Crippen LogP contribution is -2.14. The summed E-state index contributed by atoms with van der Waals surface area (Å²) in [5.41, 5.74) is 13.0. The van der Waals surface area contributed by atoms with Gasteiger partial charge < -0.3 is 16.0 Å². The first kappa shape index (κ1) is 8.71. The smallest absolute Gasteiger partial charge is 0.151 e. The highest BCUT2D eigenvalue weighted by atomic mass is 15.1. The van der Waals surface area contributed by atoms with Crippen LogP contribution in [0.4, 0.5) is 5.82 Å². The average Bonchev–Trinajstić information content (AvgIpc) is 2.62. The molecule has 5 heteroatoms. The third-order valence-electron chi connectivity index (χ3n) is 2.08. The van der Waals surface area contributed by atoms with Gasteiger partial charge in [-0.25, -0.2) is 9.97 Å². The van der Waals surface area contributed by atoms with Crippen LogP contribution in [0.15, 0.2) is 31.2 Å². The predicted octanol–water partition coefficient (Wildman–Crippen LogP) is 0.657. The second kappa shape index (κ2) is 3.12. The van der Waals surface area contributed by atoms with Crippen LogP contribution in [-0.4, -0.2) is 14.5 Å². The topological polar surface area (TPSA) is 82.8 Å². The fraction of sp³-hybridized carbons (Fsp3) is 0.111. The van der Waals surface area contributed by atoms with Gasteiger partial charge in [0.25, 0.3) is 0 Å². The maximum atomic E-state index is 5.80. The van der Waals surface area contributed by atoms with Crippen LogP contribution in [0.25, 0.3) is 11.0 Å². The van der Waals surface area contributed by atoms with Crippen molar-refractivity contribution in [2.75, 3.05) is 5.73 Å². The van der Waals surface area contributed by atoms with Crippen LogP contribution in [0.5, 0.6) is 0 Å². The van der Waals surface area contributed by atoms with E-state index in [0.29, 0.717) is 11.3 Å². The lowest BCUT2D eigenvalue weighted by molar-refractivity contribution is 0.651. The van der Waals surface area contributed by atoms with Gasteiger partial charge in [-0.05, 0) is 6.07 Å². The molecule has 0 saturated heterocycles. The summed E-state index contributed by atoms with van der Waals surface area (Å²) in [6.07, 6.45) is 4.61. The van der Waals surface area contributed by atoms with Crippen LogP contribution in [0.1, 0.15) is 6.17 Å². The average molecular weight is 189 g/mol. The molecule has 0 aliphatic heterocycles. The van der Waals surface area contributed by atoms with Gasteiger partial charge in [0.1, 0.15) is 11.7 Å². The van der Waals surface area contributed by atoms with Crippen LogP contribution in [0.3, 0.4) is 0 Å². The number of hydrogen-bond donors (Lipinski definition) is 2. The van der Waals surface area contributed by atoms with Crippen molar-refractivity contribution in [2.45, 2.75) is 6.17 Å². The van der Waals surface area contributed by atoms with E-state index in [4.69, 9.17) is 11.5 Å². The Balaban J connectivity index is 2.69. The fourth-order valence-corrected chi connectivity index (χ4v) is 1.33. The maximum Gasteiger partial charge on any atom is 0.151 e. The molecule has 1 atom stereocenters. The molecule has 0 radical (unpaired) electrons. The molecule has 0 fully saturated rings. The Morgan fingerprint density at radius 1 is 1.50 bits per heavy atom. The maximum absolute atomic E-state index is 5.80. The van der Waals surface area contributed by atoms with Crippen molar-refractivity contribution in [3.05, 3.63) is 31.2 Å². The van der Waals surface area contributed by atoms with E-state index in [0.717, 1.165) is 5.52 Å². The number of aromatic nitrogens is 3. The molecule has 4 N–H and O–H groups in total. The summed E-state index contributed by atoms with van der Waals surface area (Å²) in [5.74, 6) is 0.414. The number of hydrogen-bond acceptors (Lipinski definition) is 4. The van der Waals surface area contributed by atoms with Gasteiger partial charge in [0, 0.05) is 6.20 Å². The third-order valence-corrected chi connectivity index (χ3v) is 2.08. The quantitative estimate of drug-likeness (QED) is 0.680. The summed E-state index contributed by atoms with van der Waals surface area (Å²) in [6, 6.07) is 1.82. The molecular formula is C9H11N5. The second-order valence-corrected chi connectivity index (χ2v) is 2.94. The minimum absolute atomic E-state index is 0.290. The molecule has 1 unspecified atom stereocenters. The molecule has 72 valence electrons. The van der Waals surface area contributed by atoms with Crippen LogP contribution in [-0.2, 0) is 0 Å². The summed E-state index contributed by atoms with van der Waals surface area (Å²) in [5, 5.41) is 0. The highest BCUT2D eigenvalue weighted by Gasteiger charge is 2.08. The second-order valence-electron chi connectivity index (χ2n) is 2.94. The predicted molar refractivity (Wildman–Crippen MR) is 55.4 cm³/mol. The number of nitrogen functional groups attached to an aromatic ring is 1. The molecular weight excluding hydrogens is 178 g/mol. The van der Waals surface area contributed by atoms with Crippen molar-refractivity contribution in [2.24, 2.45) is 5.73 Å². The molecule has 5 nitrogen and oxygen atoms in total. The summed E-state index contributed by atoms with van der Waals surface area (Å²) >= 11 is 0. The monoisotopic (exact) mass is 189 g/mol. The van der Waals surface area contributed by atoms with Crippen LogP contribution >= 0.6 is 0 Å². The first-order chi connectivity index (χ1) is 6.74. The number of imidazole rings is 1. The van der Waals surface area contributed by atoms with E-state index in [1.165, 1.54) is 0 Å². The number of fused-ring (bicyclic) bond motifs is 1. The van der Waals surface area contributed by atoms with E-state index in [9.17, 15) is 0 Å². The van der Waals surface area contributed by atoms with E-state index in [1.807, 2.05) is 6.07 Å². The van der Waals surface area contributed by atoms with Gasteiger partial charge in [0.05, 0.1) is 11.8 Å². The molecule has 2 aromatic rings. The standard InChI is InChI=1S/C9H11N5/c1-2-7(10)14-5-13-8-6(14)3-4-12-9(8)11/h2-5,7H,1,10H2,(H2,11,12). The SMILES string of the molecule is C=CC(N)n1cnc2c(N)nccc21. The molecule has 0 aliphatic carbocycles. The van der Waals surface area contributed by atoms with Gasteiger partial charge in [0.2, 0.25) is 0 Å². The Bertz CT molecular complexity index is 473. The molecule has 0 saturated carbocycles. The Morgan fingerprint density at radius 2 is 2.29 bits per heavy atom. The van der Waals surface area contributed by atoms with Crippen molar-refractivity contribution in [1.82, 2.24) is 14.5 Å². The molecule has 2 heterocycles. The van der Waals surface area contributed by atoms with Gasteiger partial charge in [-0.3, -0.25) is 0 Å². The molecule has 2 rings (SSSR count). The highest BCUT2D eigenvalue weighted by molar-refractivity contribution is 5.84. The molecule has 14 heavy (non-hydrogen) atoms. The Morgan fingerprint density at radius 3 is 3.00 bits per heavy atom. The van der Waals surface area contributed by atoms with Crippen LogP contribution in [0.2, 0.25) is 0 Å². The first-order valence-corrected chi connectivity index (χ1v) is 4.19. The van der Waals surface area contributed by atoms with Crippen molar-refractivity contribution in [3.8, 4) is 0 Å². The van der Waals surface area contributed by atoms with Gasteiger partial charge >= 0.3 is 0 Å². The minimum Gasteiger partial charge on any atom is -0.382 e. The Kier molecular flexibility index (Phi) is 1.94. The van der Waals surface area contributed by atoms with Crippen LogP contribution < -0.4 is 11.5 Å². The number of rotatable bonds is 2. The molecule has 0 aromatic carbocycles. The normalized spacial score (nSPS) is 12.9. The summed E-state index contributed by atoms with van der Waals surface area (Å²) < 4.78 is 1.79. The number of anilines is 1.